The summed E-state index contributed by atoms with van der Waals surface area (Å²) in [4.78, 5) is 0. The monoisotopic (exact) mass is 308 g/mol. The quantitative estimate of drug-likeness (QED) is 0.428. The molecule has 0 aromatic heterocycles. The fourth-order valence-corrected chi connectivity index (χ4v) is 2.82. The van der Waals surface area contributed by atoms with Crippen LogP contribution in [0.5, 0.6) is 17.2 Å². The van der Waals surface area contributed by atoms with Crippen molar-refractivity contribution < 1.29 is 14.9 Å². The minimum Gasteiger partial charge on any atom is -0.504 e. The Hall–Kier alpha value is -1.38. The van der Waals surface area contributed by atoms with Crippen LogP contribution in [0, 0.1) is 0 Å². The van der Waals surface area contributed by atoms with Gasteiger partial charge in [-0.1, -0.05) is 59.3 Å². The zero-order valence-corrected chi connectivity index (χ0v) is 14.5. The number of phenolic OH excluding ortho intramolecular Hbond substituents is 2. The van der Waals surface area contributed by atoms with Gasteiger partial charge < -0.3 is 14.9 Å². The summed E-state index contributed by atoms with van der Waals surface area (Å²) >= 11 is 0. The van der Waals surface area contributed by atoms with E-state index in [0.29, 0.717) is 12.4 Å². The van der Waals surface area contributed by atoms with E-state index in [2.05, 4.69) is 6.92 Å². The van der Waals surface area contributed by atoms with Crippen LogP contribution in [0.15, 0.2) is 6.07 Å². The first kappa shape index (κ1) is 18.7. The van der Waals surface area contributed by atoms with Crippen LogP contribution in [0.3, 0.4) is 0 Å². The maximum absolute atomic E-state index is 10.1. The summed E-state index contributed by atoms with van der Waals surface area (Å²) in [6, 6.07) is 1.65. The number of hydrogen-bond acceptors (Lipinski definition) is 3. The van der Waals surface area contributed by atoms with Crippen molar-refractivity contribution in [3.63, 3.8) is 0 Å². The first-order chi connectivity index (χ1) is 10.7. The lowest BCUT2D eigenvalue weighted by Crippen LogP contribution is -2.03. The van der Waals surface area contributed by atoms with Gasteiger partial charge in [-0.2, -0.15) is 0 Å². The van der Waals surface area contributed by atoms with Crippen LogP contribution in [0.25, 0.3) is 0 Å². The van der Waals surface area contributed by atoms with Crippen molar-refractivity contribution in [1.82, 2.24) is 0 Å². The van der Waals surface area contributed by atoms with Gasteiger partial charge in [0.15, 0.2) is 11.5 Å². The topological polar surface area (TPSA) is 49.7 Å². The molecule has 126 valence electrons. The molecule has 0 fully saturated rings. The molecule has 1 aromatic carbocycles. The van der Waals surface area contributed by atoms with Crippen molar-refractivity contribution in [3.8, 4) is 17.2 Å². The van der Waals surface area contributed by atoms with Crippen molar-refractivity contribution in [2.45, 2.75) is 78.6 Å². The standard InChI is InChI=1S/C19H32O3/c1-4-7-8-9-10-11-12-13-22-19-16(6-3)15(5-2)14-17(20)18(19)21/h14,20-21H,4-13H2,1-3H3. The van der Waals surface area contributed by atoms with Gasteiger partial charge in [-0.25, -0.2) is 0 Å². The molecule has 1 aromatic rings. The molecule has 0 radical (unpaired) electrons. The van der Waals surface area contributed by atoms with Crippen molar-refractivity contribution in [2.24, 2.45) is 0 Å². The first-order valence-electron chi connectivity index (χ1n) is 8.85. The molecule has 0 aliphatic heterocycles. The Morgan fingerprint density at radius 2 is 1.50 bits per heavy atom. The number of benzene rings is 1. The van der Waals surface area contributed by atoms with Crippen LogP contribution >= 0.6 is 0 Å². The van der Waals surface area contributed by atoms with Crippen molar-refractivity contribution in [1.29, 1.82) is 0 Å². The van der Waals surface area contributed by atoms with E-state index in [-0.39, 0.29) is 11.5 Å². The summed E-state index contributed by atoms with van der Waals surface area (Å²) in [6.07, 6.45) is 10.2. The highest BCUT2D eigenvalue weighted by molar-refractivity contribution is 5.57. The van der Waals surface area contributed by atoms with E-state index in [4.69, 9.17) is 4.74 Å². The maximum atomic E-state index is 10.1. The summed E-state index contributed by atoms with van der Waals surface area (Å²) in [6.45, 7) is 6.92. The number of ether oxygens (including phenoxy) is 1. The molecule has 2 N–H and O–H groups in total. The highest BCUT2D eigenvalue weighted by Crippen LogP contribution is 2.41. The van der Waals surface area contributed by atoms with Crippen LogP contribution in [-0.4, -0.2) is 16.8 Å². The van der Waals surface area contributed by atoms with Crippen LogP contribution < -0.4 is 4.74 Å². The SMILES string of the molecule is CCCCCCCCCOc1c(O)c(O)cc(CC)c1CC. The van der Waals surface area contributed by atoms with Gasteiger partial charge in [-0.15, -0.1) is 0 Å². The Balaban J connectivity index is 2.49. The van der Waals surface area contributed by atoms with Gasteiger partial charge in [0, 0.05) is 5.56 Å². The molecule has 0 spiro atoms. The Morgan fingerprint density at radius 3 is 2.09 bits per heavy atom. The molecule has 0 aliphatic rings. The molecule has 0 bridgehead atoms. The van der Waals surface area contributed by atoms with Crippen molar-refractivity contribution in [3.05, 3.63) is 17.2 Å². The Bertz CT molecular complexity index is 441. The highest BCUT2D eigenvalue weighted by Gasteiger charge is 2.16. The second-order valence-electron chi connectivity index (χ2n) is 5.89. The molecular formula is C19H32O3. The Labute approximate surface area is 135 Å². The van der Waals surface area contributed by atoms with Crippen LogP contribution in [0.1, 0.15) is 76.8 Å². The van der Waals surface area contributed by atoms with Gasteiger partial charge >= 0.3 is 0 Å². The van der Waals surface area contributed by atoms with Gasteiger partial charge in [-0.05, 0) is 30.9 Å². The second-order valence-corrected chi connectivity index (χ2v) is 5.89. The predicted octanol–water partition coefficient (Wildman–Crippen LogP) is 5.35. The van der Waals surface area contributed by atoms with E-state index in [0.717, 1.165) is 36.8 Å². The fourth-order valence-electron chi connectivity index (χ4n) is 2.82. The lowest BCUT2D eigenvalue weighted by molar-refractivity contribution is 0.280. The summed E-state index contributed by atoms with van der Waals surface area (Å²) in [7, 11) is 0. The number of aromatic hydroxyl groups is 2. The first-order valence-corrected chi connectivity index (χ1v) is 8.85. The third-order valence-corrected chi connectivity index (χ3v) is 4.16. The van der Waals surface area contributed by atoms with E-state index in [1.165, 1.54) is 32.1 Å². The smallest absolute Gasteiger partial charge is 0.200 e. The number of aryl methyl sites for hydroxylation is 1. The van der Waals surface area contributed by atoms with E-state index in [9.17, 15) is 10.2 Å². The molecule has 0 aliphatic carbocycles. The van der Waals surface area contributed by atoms with Gasteiger partial charge in [0.1, 0.15) is 0 Å². The number of phenols is 2. The average Bonchev–Trinajstić information content (AvgIpc) is 2.53. The molecule has 0 unspecified atom stereocenters. The van der Waals surface area contributed by atoms with Crippen molar-refractivity contribution in [2.75, 3.05) is 6.61 Å². The number of unbranched alkanes of at least 4 members (excludes halogenated alkanes) is 6. The van der Waals surface area contributed by atoms with E-state index in [1.54, 1.807) is 6.07 Å². The van der Waals surface area contributed by atoms with Crippen LogP contribution in [0.2, 0.25) is 0 Å². The second kappa shape index (κ2) is 10.4. The Kier molecular flexibility index (Phi) is 8.79. The molecule has 0 amide bonds. The predicted molar refractivity (Wildman–Crippen MR) is 92.0 cm³/mol. The minimum atomic E-state index is -0.114. The van der Waals surface area contributed by atoms with Crippen LogP contribution in [-0.2, 0) is 12.8 Å². The number of hydrogen-bond donors (Lipinski definition) is 2. The van der Waals surface area contributed by atoms with E-state index >= 15 is 0 Å². The fraction of sp³-hybridized carbons (Fsp3) is 0.684. The summed E-state index contributed by atoms with van der Waals surface area (Å²) in [5, 5.41) is 19.9. The van der Waals surface area contributed by atoms with Gasteiger partial charge in [0.25, 0.3) is 0 Å². The molecule has 3 nitrogen and oxygen atoms in total. The zero-order chi connectivity index (χ0) is 16.4. The average molecular weight is 308 g/mol. The van der Waals surface area contributed by atoms with Gasteiger partial charge in [-0.3, -0.25) is 0 Å². The van der Waals surface area contributed by atoms with E-state index < -0.39 is 0 Å². The maximum Gasteiger partial charge on any atom is 0.200 e. The molecule has 0 saturated carbocycles. The lowest BCUT2D eigenvalue weighted by atomic mass is 10.0. The molecular weight excluding hydrogens is 276 g/mol. The lowest BCUT2D eigenvalue weighted by Gasteiger charge is -2.16. The molecule has 3 heteroatoms. The minimum absolute atomic E-state index is 0.0800. The Morgan fingerprint density at radius 1 is 0.864 bits per heavy atom. The number of rotatable bonds is 11. The summed E-state index contributed by atoms with van der Waals surface area (Å²) in [5.74, 6) is 0.283. The molecule has 0 heterocycles. The zero-order valence-electron chi connectivity index (χ0n) is 14.5. The molecule has 0 atom stereocenters. The normalized spacial score (nSPS) is 10.9. The third kappa shape index (κ3) is 5.43. The van der Waals surface area contributed by atoms with Gasteiger partial charge in [0.2, 0.25) is 5.75 Å². The van der Waals surface area contributed by atoms with E-state index in [1.807, 2.05) is 13.8 Å². The van der Waals surface area contributed by atoms with Crippen molar-refractivity contribution >= 4 is 0 Å². The molecule has 22 heavy (non-hydrogen) atoms. The summed E-state index contributed by atoms with van der Waals surface area (Å²) < 4.78 is 5.80. The largest absolute Gasteiger partial charge is 0.504 e. The summed E-state index contributed by atoms with van der Waals surface area (Å²) in [5.41, 5.74) is 2.06. The molecule has 0 saturated heterocycles. The molecule has 1 rings (SSSR count). The third-order valence-electron chi connectivity index (χ3n) is 4.16. The highest BCUT2D eigenvalue weighted by atomic mass is 16.5. The van der Waals surface area contributed by atoms with Gasteiger partial charge in [0.05, 0.1) is 6.61 Å². The van der Waals surface area contributed by atoms with Crippen LogP contribution in [0.4, 0.5) is 0 Å².